The van der Waals surface area contributed by atoms with Gasteiger partial charge in [0.2, 0.25) is 5.91 Å². The fourth-order valence-electron chi connectivity index (χ4n) is 2.04. The Morgan fingerprint density at radius 1 is 1.42 bits per heavy atom. The maximum absolute atomic E-state index is 12.1. The molecule has 2 rings (SSSR count). The molecule has 0 aliphatic carbocycles. The first-order valence-corrected chi connectivity index (χ1v) is 7.36. The molecule has 1 N–H and O–H groups in total. The van der Waals surface area contributed by atoms with Crippen molar-refractivity contribution in [3.63, 3.8) is 0 Å². The Balaban J connectivity index is 2.13. The number of ether oxygens (including phenoxy) is 1. The van der Waals surface area contributed by atoms with E-state index >= 15 is 0 Å². The van der Waals surface area contributed by atoms with Gasteiger partial charge in [-0.1, -0.05) is 16.8 Å². The topological polar surface area (TPSA) is 94.3 Å². The second kappa shape index (κ2) is 7.27. The van der Waals surface area contributed by atoms with E-state index in [-0.39, 0.29) is 17.2 Å². The number of hydrogen-bond acceptors (Lipinski definition) is 6. The number of halogens is 1. The Hall–Kier alpha value is -2.67. The van der Waals surface area contributed by atoms with Crippen LogP contribution in [0.3, 0.4) is 0 Å². The summed E-state index contributed by atoms with van der Waals surface area (Å²) in [5.41, 5.74) is 0.240. The van der Waals surface area contributed by atoms with Crippen LogP contribution in [0.15, 0.2) is 35.2 Å². The van der Waals surface area contributed by atoms with Gasteiger partial charge in [-0.25, -0.2) is 9.78 Å². The summed E-state index contributed by atoms with van der Waals surface area (Å²) >= 11 is 5.79. The van der Waals surface area contributed by atoms with Crippen molar-refractivity contribution >= 4 is 29.6 Å². The molecule has 0 aromatic carbocycles. The summed E-state index contributed by atoms with van der Waals surface area (Å²) in [5, 5.41) is 6.89. The van der Waals surface area contributed by atoms with Crippen LogP contribution in [0.5, 0.6) is 0 Å². The molecule has 2 aromatic heterocycles. The van der Waals surface area contributed by atoms with E-state index in [1.807, 2.05) is 0 Å². The number of nitrogens with zero attached hydrogens (tertiary/aromatic N) is 2. The highest BCUT2D eigenvalue weighted by molar-refractivity contribution is 6.29. The lowest BCUT2D eigenvalue weighted by molar-refractivity contribution is -0.118. The fourth-order valence-corrected chi connectivity index (χ4v) is 2.23. The van der Waals surface area contributed by atoms with E-state index in [0.717, 1.165) is 5.56 Å². The summed E-state index contributed by atoms with van der Waals surface area (Å²) in [6, 6.07) is 3.34. The second-order valence-corrected chi connectivity index (χ2v) is 5.82. The van der Waals surface area contributed by atoms with E-state index in [1.54, 1.807) is 38.3 Å². The minimum atomic E-state index is -0.937. The molecule has 0 saturated carbocycles. The predicted molar refractivity (Wildman–Crippen MR) is 87.3 cm³/mol. The van der Waals surface area contributed by atoms with Crippen molar-refractivity contribution in [3.05, 3.63) is 52.6 Å². The highest BCUT2D eigenvalue weighted by Gasteiger charge is 2.31. The molecule has 0 unspecified atom stereocenters. The number of pyridine rings is 1. The second-order valence-electron chi connectivity index (χ2n) is 5.43. The van der Waals surface area contributed by atoms with Gasteiger partial charge in [0.05, 0.1) is 12.6 Å². The monoisotopic (exact) mass is 349 g/mol. The Bertz CT molecular complexity index is 783. The number of nitrogens with one attached hydrogen (secondary N) is 1. The molecule has 8 heteroatoms. The quantitative estimate of drug-likeness (QED) is 0.506. The maximum atomic E-state index is 12.1. The lowest BCUT2D eigenvalue weighted by atomic mass is 9.97. The number of methoxy groups -OCH3 is 1. The molecule has 2 aromatic rings. The molecular weight excluding hydrogens is 334 g/mol. The number of carbonyl (C=O) groups is 2. The van der Waals surface area contributed by atoms with Gasteiger partial charge in [-0.3, -0.25) is 4.79 Å². The van der Waals surface area contributed by atoms with Crippen molar-refractivity contribution in [3.8, 4) is 0 Å². The Morgan fingerprint density at radius 3 is 2.83 bits per heavy atom. The van der Waals surface area contributed by atoms with Gasteiger partial charge >= 0.3 is 5.97 Å². The molecule has 0 spiro atoms. The minimum absolute atomic E-state index is 0.160. The number of rotatable bonds is 5. The molecular formula is C16H16ClN3O4. The first-order valence-electron chi connectivity index (χ1n) is 6.98. The number of hydrogen-bond donors (Lipinski definition) is 1. The zero-order chi connectivity index (χ0) is 17.7. The third-order valence-corrected chi connectivity index (χ3v) is 3.39. The SMILES string of the molecule is COC(=O)c1conc1C(C)(C)NC(=O)/C=C/c1ccnc(Cl)c1. The zero-order valence-electron chi connectivity index (χ0n) is 13.4. The van der Waals surface area contributed by atoms with Crippen LogP contribution in [0.4, 0.5) is 0 Å². The summed E-state index contributed by atoms with van der Waals surface area (Å²) in [5.74, 6) is -0.956. The third kappa shape index (κ3) is 4.20. The fraction of sp³-hybridized carbons (Fsp3) is 0.250. The van der Waals surface area contributed by atoms with Crippen molar-refractivity contribution < 1.29 is 18.8 Å². The molecule has 24 heavy (non-hydrogen) atoms. The summed E-state index contributed by atoms with van der Waals surface area (Å²) in [6.07, 6.45) is 5.68. The van der Waals surface area contributed by atoms with Crippen molar-refractivity contribution in [2.75, 3.05) is 7.11 Å². The van der Waals surface area contributed by atoms with Crippen LogP contribution in [0.2, 0.25) is 5.15 Å². The number of esters is 1. The van der Waals surface area contributed by atoms with Crippen LogP contribution in [-0.2, 0) is 15.1 Å². The van der Waals surface area contributed by atoms with Gasteiger partial charge in [0.25, 0.3) is 0 Å². The van der Waals surface area contributed by atoms with Gasteiger partial charge in [0, 0.05) is 12.3 Å². The molecule has 2 heterocycles. The van der Waals surface area contributed by atoms with Gasteiger partial charge in [-0.15, -0.1) is 0 Å². The highest BCUT2D eigenvalue weighted by atomic mass is 35.5. The average molecular weight is 350 g/mol. The van der Waals surface area contributed by atoms with E-state index in [0.29, 0.717) is 5.15 Å². The van der Waals surface area contributed by atoms with E-state index in [9.17, 15) is 9.59 Å². The van der Waals surface area contributed by atoms with Crippen LogP contribution >= 0.6 is 11.6 Å². The van der Waals surface area contributed by atoms with Crippen LogP contribution < -0.4 is 5.32 Å². The Labute approximate surface area is 143 Å². The molecule has 0 radical (unpaired) electrons. The van der Waals surface area contributed by atoms with E-state index in [2.05, 4.69) is 20.2 Å². The lowest BCUT2D eigenvalue weighted by Gasteiger charge is -2.23. The molecule has 0 bridgehead atoms. The average Bonchev–Trinajstić information content (AvgIpc) is 3.02. The minimum Gasteiger partial charge on any atom is -0.465 e. The molecule has 0 saturated heterocycles. The van der Waals surface area contributed by atoms with E-state index in [4.69, 9.17) is 16.1 Å². The van der Waals surface area contributed by atoms with Gasteiger partial charge in [-0.05, 0) is 37.6 Å². The van der Waals surface area contributed by atoms with Crippen LogP contribution in [0.1, 0.15) is 35.5 Å². The van der Waals surface area contributed by atoms with E-state index in [1.165, 1.54) is 19.4 Å². The van der Waals surface area contributed by atoms with Gasteiger partial charge in [0.15, 0.2) is 0 Å². The van der Waals surface area contributed by atoms with Gasteiger partial charge in [-0.2, -0.15) is 0 Å². The molecule has 0 atom stereocenters. The van der Waals surface area contributed by atoms with Crippen molar-refractivity contribution in [1.29, 1.82) is 0 Å². The maximum Gasteiger partial charge on any atom is 0.343 e. The third-order valence-electron chi connectivity index (χ3n) is 3.18. The normalized spacial score (nSPS) is 11.5. The predicted octanol–water partition coefficient (Wildman–Crippen LogP) is 2.57. The van der Waals surface area contributed by atoms with Crippen molar-refractivity contribution in [2.45, 2.75) is 19.4 Å². The summed E-state index contributed by atoms with van der Waals surface area (Å²) in [7, 11) is 1.26. The molecule has 7 nitrogen and oxygen atoms in total. The first kappa shape index (κ1) is 17.7. The van der Waals surface area contributed by atoms with Gasteiger partial charge in [0.1, 0.15) is 22.7 Å². The molecule has 0 aliphatic rings. The Morgan fingerprint density at radius 2 is 2.17 bits per heavy atom. The summed E-state index contributed by atoms with van der Waals surface area (Å²) in [6.45, 7) is 3.40. The molecule has 1 amide bonds. The first-order chi connectivity index (χ1) is 11.3. The lowest BCUT2D eigenvalue weighted by Crippen LogP contribution is -2.41. The Kier molecular flexibility index (Phi) is 5.35. The summed E-state index contributed by atoms with van der Waals surface area (Å²) in [4.78, 5) is 27.7. The van der Waals surface area contributed by atoms with Gasteiger partial charge < -0.3 is 14.6 Å². The summed E-state index contributed by atoms with van der Waals surface area (Å²) < 4.78 is 9.51. The van der Waals surface area contributed by atoms with Crippen LogP contribution in [-0.4, -0.2) is 29.1 Å². The van der Waals surface area contributed by atoms with Crippen molar-refractivity contribution in [2.24, 2.45) is 0 Å². The number of carbonyl (C=O) groups excluding carboxylic acids is 2. The molecule has 126 valence electrons. The van der Waals surface area contributed by atoms with E-state index < -0.39 is 11.5 Å². The largest absolute Gasteiger partial charge is 0.465 e. The van der Waals surface area contributed by atoms with Crippen molar-refractivity contribution in [1.82, 2.24) is 15.5 Å². The van der Waals surface area contributed by atoms with Crippen LogP contribution in [0.25, 0.3) is 6.08 Å². The molecule has 0 aliphatic heterocycles. The standard InChI is InChI=1S/C16H16ClN3O4/c1-16(2,14-11(9-24-20-14)15(22)23-3)19-13(21)5-4-10-6-7-18-12(17)8-10/h4-9H,1-3H3,(H,19,21)/b5-4+. The smallest absolute Gasteiger partial charge is 0.343 e. The highest BCUT2D eigenvalue weighted by Crippen LogP contribution is 2.23. The van der Waals surface area contributed by atoms with Crippen LogP contribution in [0, 0.1) is 0 Å². The number of amides is 1. The number of aromatic nitrogens is 2. The molecule has 0 fully saturated rings. The zero-order valence-corrected chi connectivity index (χ0v) is 14.1.